The van der Waals surface area contributed by atoms with Crippen LogP contribution in [0, 0.1) is 11.3 Å². The number of hydrogen-bond donors (Lipinski definition) is 0. The van der Waals surface area contributed by atoms with Crippen LogP contribution in [-0.4, -0.2) is 27.6 Å². The monoisotopic (exact) mass is 719 g/mol. The number of nitrogens with zero attached hydrogens (tertiary/aromatic N) is 5. The lowest BCUT2D eigenvalue weighted by Crippen LogP contribution is -2.37. The summed E-state index contributed by atoms with van der Waals surface area (Å²) in [5, 5.41) is 17.4. The number of para-hydroxylation sites is 1. The van der Waals surface area contributed by atoms with E-state index in [1.165, 1.54) is 43.6 Å². The Balaban J connectivity index is 1.39. The molecule has 0 unspecified atom stereocenters. The van der Waals surface area contributed by atoms with Crippen LogP contribution in [0.1, 0.15) is 56.5 Å². The fourth-order valence-electron chi connectivity index (χ4n) is 7.95. The van der Waals surface area contributed by atoms with Crippen LogP contribution in [0.5, 0.6) is 0 Å². The molecule has 0 spiro atoms. The van der Waals surface area contributed by atoms with E-state index in [9.17, 15) is 5.26 Å². The Labute approximate surface area is 315 Å². The lowest BCUT2D eigenvalue weighted by molar-refractivity contribution is 0.652. The minimum Gasteiger partial charge on any atom is -0.437 e. The van der Waals surface area contributed by atoms with Crippen molar-refractivity contribution in [1.29, 1.82) is 5.26 Å². The highest BCUT2D eigenvalue weighted by molar-refractivity contribution is 6.88. The lowest BCUT2D eigenvalue weighted by Gasteiger charge is -2.25. The minimum atomic E-state index is -1.44. The number of rotatable bonds is 6. The molecule has 7 heteroatoms. The number of aromatic nitrogens is 4. The van der Waals surface area contributed by atoms with Gasteiger partial charge in [0.1, 0.15) is 17.5 Å². The first-order valence-corrected chi connectivity index (χ1v) is 22.2. The molecule has 0 aliphatic carbocycles. The first kappa shape index (κ1) is 33.7. The van der Waals surface area contributed by atoms with Crippen molar-refractivity contribution in [3.8, 4) is 34.3 Å². The predicted molar refractivity (Wildman–Crippen MR) is 226 cm³/mol. The summed E-state index contributed by atoms with van der Waals surface area (Å²) in [5.41, 5.74) is 9.96. The second kappa shape index (κ2) is 12.5. The Morgan fingerprint density at radius 2 is 1.39 bits per heavy atom. The molecule has 0 aliphatic rings. The highest BCUT2D eigenvalue weighted by Crippen LogP contribution is 2.43. The summed E-state index contributed by atoms with van der Waals surface area (Å²) in [4.78, 5) is 14.2. The SMILES string of the molecule is CC(C)c1cc(-c2ccc([Si](C)(C)C)cc2)cc(C(C)C)c1-n1c(-c2cccc3c2oc2nc(C#N)ncc23)nc2cc3ccc4ccccc4c3cc21. The van der Waals surface area contributed by atoms with E-state index in [-0.39, 0.29) is 17.7 Å². The zero-order valence-corrected chi connectivity index (χ0v) is 32.7. The highest BCUT2D eigenvalue weighted by atomic mass is 28.3. The van der Waals surface area contributed by atoms with Crippen LogP contribution in [0.25, 0.3) is 82.8 Å². The summed E-state index contributed by atoms with van der Waals surface area (Å²) in [7, 11) is -1.44. The molecule has 0 bridgehead atoms. The molecule has 0 amide bonds. The van der Waals surface area contributed by atoms with E-state index in [1.807, 2.05) is 18.2 Å². The average Bonchev–Trinajstić information content (AvgIpc) is 3.73. The molecular formula is C47H41N5OSi. The Morgan fingerprint density at radius 3 is 2.09 bits per heavy atom. The van der Waals surface area contributed by atoms with Crippen LogP contribution in [0.2, 0.25) is 19.6 Å². The van der Waals surface area contributed by atoms with Gasteiger partial charge < -0.3 is 4.42 Å². The van der Waals surface area contributed by atoms with Gasteiger partial charge in [-0.25, -0.2) is 9.97 Å². The Morgan fingerprint density at radius 1 is 0.685 bits per heavy atom. The molecule has 0 saturated carbocycles. The van der Waals surface area contributed by atoms with Crippen molar-refractivity contribution in [1.82, 2.24) is 19.5 Å². The van der Waals surface area contributed by atoms with Crippen LogP contribution >= 0.6 is 0 Å². The molecular weight excluding hydrogens is 679 g/mol. The van der Waals surface area contributed by atoms with Gasteiger partial charge in [-0.05, 0) is 86.0 Å². The maximum absolute atomic E-state index is 9.54. The Hall–Kier alpha value is -6.10. The zero-order chi connectivity index (χ0) is 37.5. The van der Waals surface area contributed by atoms with E-state index < -0.39 is 8.07 Å². The van der Waals surface area contributed by atoms with Gasteiger partial charge in [0.2, 0.25) is 11.5 Å². The topological polar surface area (TPSA) is 80.5 Å². The number of nitriles is 1. The molecule has 0 N–H and O–H groups in total. The van der Waals surface area contributed by atoms with Crippen LogP contribution < -0.4 is 5.19 Å². The van der Waals surface area contributed by atoms with Crippen molar-refractivity contribution < 1.29 is 4.42 Å². The van der Waals surface area contributed by atoms with Crippen LogP contribution in [0.4, 0.5) is 0 Å². The van der Waals surface area contributed by atoms with E-state index in [0.29, 0.717) is 11.3 Å². The van der Waals surface area contributed by atoms with Crippen molar-refractivity contribution in [2.24, 2.45) is 0 Å². The van der Waals surface area contributed by atoms with Crippen molar-refractivity contribution in [3.05, 3.63) is 126 Å². The molecule has 9 aromatic rings. The predicted octanol–water partition coefficient (Wildman–Crippen LogP) is 12.0. The van der Waals surface area contributed by atoms with E-state index >= 15 is 0 Å². The number of hydrogen-bond acceptors (Lipinski definition) is 5. The molecule has 6 nitrogen and oxygen atoms in total. The number of benzene rings is 6. The van der Waals surface area contributed by atoms with Gasteiger partial charge in [-0.1, -0.05) is 125 Å². The van der Waals surface area contributed by atoms with E-state index in [0.717, 1.165) is 44.3 Å². The maximum Gasteiger partial charge on any atom is 0.235 e. The molecule has 3 aromatic heterocycles. The van der Waals surface area contributed by atoms with E-state index in [1.54, 1.807) is 6.20 Å². The molecule has 0 aliphatic heterocycles. The largest absolute Gasteiger partial charge is 0.437 e. The summed E-state index contributed by atoms with van der Waals surface area (Å²) in [5.74, 6) is 1.30. The number of fused-ring (bicyclic) bond motifs is 7. The van der Waals surface area contributed by atoms with E-state index in [4.69, 9.17) is 9.40 Å². The molecule has 6 aromatic carbocycles. The van der Waals surface area contributed by atoms with Gasteiger partial charge in [-0.2, -0.15) is 10.2 Å². The summed E-state index contributed by atoms with van der Waals surface area (Å²) in [6.45, 7) is 16.3. The smallest absolute Gasteiger partial charge is 0.235 e. The maximum atomic E-state index is 9.54. The van der Waals surface area contributed by atoms with Gasteiger partial charge in [-0.15, -0.1) is 0 Å². The lowest BCUT2D eigenvalue weighted by atomic mass is 9.88. The van der Waals surface area contributed by atoms with Gasteiger partial charge in [-0.3, -0.25) is 4.57 Å². The summed E-state index contributed by atoms with van der Waals surface area (Å²) in [6.07, 6.45) is 1.68. The summed E-state index contributed by atoms with van der Waals surface area (Å²) in [6, 6.07) is 39.7. The first-order valence-electron chi connectivity index (χ1n) is 18.7. The summed E-state index contributed by atoms with van der Waals surface area (Å²) >= 11 is 0. The fraction of sp³-hybridized carbons (Fsp3) is 0.191. The average molecular weight is 720 g/mol. The van der Waals surface area contributed by atoms with E-state index in [2.05, 4.69) is 153 Å². The molecule has 0 atom stereocenters. The van der Waals surface area contributed by atoms with Crippen LogP contribution in [0.3, 0.4) is 0 Å². The first-order chi connectivity index (χ1) is 26.0. The van der Waals surface area contributed by atoms with Crippen molar-refractivity contribution in [2.45, 2.75) is 59.2 Å². The summed E-state index contributed by atoms with van der Waals surface area (Å²) < 4.78 is 8.90. The molecule has 264 valence electrons. The minimum absolute atomic E-state index is 0.0765. The van der Waals surface area contributed by atoms with Crippen molar-refractivity contribution >= 4 is 67.9 Å². The van der Waals surface area contributed by atoms with Gasteiger partial charge in [0.05, 0.1) is 35.7 Å². The quantitative estimate of drug-likeness (QED) is 0.126. The standard InChI is InChI=1S/C47H41N5OSi/c1-27(2)37-21-32(29-17-19-33(20-18-29)54(5,6)7)22-38(28(3)4)44(37)52-42-24-39-31(16-15-30-11-8-9-12-34(30)39)23-41(42)50-46(52)36-14-10-13-35-40-26-49-43(25-48)51-47(40)53-45(35)36/h8-24,26-28H,1-7H3. The van der Waals surface area contributed by atoms with Gasteiger partial charge in [0.25, 0.3) is 0 Å². The van der Waals surface area contributed by atoms with Gasteiger partial charge >= 0.3 is 0 Å². The second-order valence-electron chi connectivity index (χ2n) is 16.1. The third-order valence-electron chi connectivity index (χ3n) is 10.8. The third kappa shape index (κ3) is 5.40. The molecule has 3 heterocycles. The van der Waals surface area contributed by atoms with Crippen molar-refractivity contribution in [3.63, 3.8) is 0 Å². The molecule has 0 saturated heterocycles. The fourth-order valence-corrected chi connectivity index (χ4v) is 9.11. The second-order valence-corrected chi connectivity index (χ2v) is 21.1. The zero-order valence-electron chi connectivity index (χ0n) is 31.7. The number of furan rings is 1. The van der Waals surface area contributed by atoms with Crippen LogP contribution in [0.15, 0.2) is 114 Å². The molecule has 0 fully saturated rings. The normalized spacial score (nSPS) is 12.3. The highest BCUT2D eigenvalue weighted by Gasteiger charge is 2.26. The number of imidazole rings is 1. The molecule has 54 heavy (non-hydrogen) atoms. The van der Waals surface area contributed by atoms with Crippen molar-refractivity contribution in [2.75, 3.05) is 0 Å². The third-order valence-corrected chi connectivity index (χ3v) is 12.9. The van der Waals surface area contributed by atoms with Crippen LogP contribution in [-0.2, 0) is 0 Å². The molecule has 9 rings (SSSR count). The Kier molecular flexibility index (Phi) is 7.80. The molecule has 0 radical (unpaired) electrons. The Bertz CT molecular complexity index is 2960. The van der Waals surface area contributed by atoms with Gasteiger partial charge in [0, 0.05) is 11.6 Å². The van der Waals surface area contributed by atoms with Gasteiger partial charge in [0.15, 0.2) is 0 Å².